The minimum atomic E-state index is -1.01. The van der Waals surface area contributed by atoms with E-state index < -0.39 is 17.9 Å². The second-order valence-electron chi connectivity index (χ2n) is 3.72. The molecule has 2 N–H and O–H groups in total. The van der Waals surface area contributed by atoms with Crippen LogP contribution >= 0.6 is 11.8 Å². The standard InChI is InChI=1S/C9H11N3O4S/c13-7-2-1-5(10-11-7)8(14)12-4-17-3-6(12)9(15)16/h6H,1-4H2,(H,11,13)(H,15,16)/t6-/m0/s1. The summed E-state index contributed by atoms with van der Waals surface area (Å²) in [5.41, 5.74) is 2.45. The van der Waals surface area contributed by atoms with Crippen LogP contribution in [0, 0.1) is 0 Å². The molecule has 2 aliphatic heterocycles. The third-order valence-electron chi connectivity index (χ3n) is 2.58. The number of rotatable bonds is 2. The first-order valence-electron chi connectivity index (χ1n) is 5.06. The SMILES string of the molecule is O=C1CCC(C(=O)N2CSC[C@H]2C(=O)O)=NN1. The second kappa shape index (κ2) is 4.74. The largest absolute Gasteiger partial charge is 0.480 e. The lowest BCUT2D eigenvalue weighted by atomic mass is 10.1. The van der Waals surface area contributed by atoms with Crippen LogP contribution < -0.4 is 5.43 Å². The van der Waals surface area contributed by atoms with Gasteiger partial charge in [-0.05, 0) is 0 Å². The smallest absolute Gasteiger partial charge is 0.327 e. The number of carbonyl (C=O) groups excluding carboxylic acids is 2. The van der Waals surface area contributed by atoms with E-state index in [1.165, 1.54) is 16.7 Å². The van der Waals surface area contributed by atoms with Gasteiger partial charge in [0.1, 0.15) is 11.8 Å². The second-order valence-corrected chi connectivity index (χ2v) is 4.72. The highest BCUT2D eigenvalue weighted by molar-refractivity contribution is 7.99. The van der Waals surface area contributed by atoms with Crippen molar-refractivity contribution in [2.24, 2.45) is 5.10 Å². The van der Waals surface area contributed by atoms with Crippen LogP contribution in [0.1, 0.15) is 12.8 Å². The fraction of sp³-hybridized carbons (Fsp3) is 0.556. The molecule has 2 amide bonds. The van der Waals surface area contributed by atoms with Crippen LogP contribution in [0.5, 0.6) is 0 Å². The number of carboxylic acids is 1. The zero-order chi connectivity index (χ0) is 12.4. The molecule has 2 heterocycles. The zero-order valence-corrected chi connectivity index (χ0v) is 9.70. The topological polar surface area (TPSA) is 99.1 Å². The zero-order valence-electron chi connectivity index (χ0n) is 8.88. The third-order valence-corrected chi connectivity index (χ3v) is 3.59. The molecule has 0 aromatic carbocycles. The first-order chi connectivity index (χ1) is 8.09. The number of amides is 2. The monoisotopic (exact) mass is 257 g/mol. The maximum absolute atomic E-state index is 12.0. The summed E-state index contributed by atoms with van der Waals surface area (Å²) in [5.74, 6) is -0.901. The van der Waals surface area contributed by atoms with Gasteiger partial charge in [-0.2, -0.15) is 5.10 Å². The average Bonchev–Trinajstić information content (AvgIpc) is 2.78. The molecule has 8 heteroatoms. The summed E-state index contributed by atoms with van der Waals surface area (Å²) in [5, 5.41) is 12.6. The first-order valence-corrected chi connectivity index (χ1v) is 6.22. The van der Waals surface area contributed by atoms with Crippen molar-refractivity contribution < 1.29 is 19.5 Å². The Hall–Kier alpha value is -1.57. The molecule has 1 fully saturated rings. The molecule has 1 saturated heterocycles. The lowest BCUT2D eigenvalue weighted by Crippen LogP contribution is -2.46. The molecular weight excluding hydrogens is 246 g/mol. The molecule has 17 heavy (non-hydrogen) atoms. The summed E-state index contributed by atoms with van der Waals surface area (Å²) in [6.07, 6.45) is 0.474. The molecule has 0 unspecified atom stereocenters. The molecule has 0 bridgehead atoms. The van der Waals surface area contributed by atoms with Crippen LogP contribution in [0.2, 0.25) is 0 Å². The van der Waals surface area contributed by atoms with E-state index in [9.17, 15) is 14.4 Å². The minimum Gasteiger partial charge on any atom is -0.480 e. The average molecular weight is 257 g/mol. The number of aliphatic carboxylic acids is 1. The van der Waals surface area contributed by atoms with Gasteiger partial charge >= 0.3 is 5.97 Å². The number of hydrazone groups is 1. The third kappa shape index (κ3) is 2.41. The van der Waals surface area contributed by atoms with Crippen molar-refractivity contribution in [2.45, 2.75) is 18.9 Å². The normalized spacial score (nSPS) is 24.2. The Morgan fingerprint density at radius 1 is 1.47 bits per heavy atom. The van der Waals surface area contributed by atoms with E-state index in [-0.39, 0.29) is 24.5 Å². The molecule has 0 aromatic heterocycles. The minimum absolute atomic E-state index is 0.212. The van der Waals surface area contributed by atoms with Gasteiger partial charge in [0.15, 0.2) is 0 Å². The fourth-order valence-electron chi connectivity index (χ4n) is 1.64. The van der Waals surface area contributed by atoms with Crippen LogP contribution in [0.3, 0.4) is 0 Å². The van der Waals surface area contributed by atoms with E-state index in [4.69, 9.17) is 5.11 Å². The number of thioether (sulfide) groups is 1. The van der Waals surface area contributed by atoms with Gasteiger partial charge in [-0.25, -0.2) is 10.2 Å². The van der Waals surface area contributed by atoms with Crippen molar-refractivity contribution in [3.63, 3.8) is 0 Å². The highest BCUT2D eigenvalue weighted by atomic mass is 32.2. The Labute approximate surface area is 101 Å². The Morgan fingerprint density at radius 3 is 2.82 bits per heavy atom. The Kier molecular flexibility index (Phi) is 3.32. The van der Waals surface area contributed by atoms with Gasteiger partial charge < -0.3 is 10.0 Å². The van der Waals surface area contributed by atoms with Crippen molar-refractivity contribution in [3.05, 3.63) is 0 Å². The quantitative estimate of drug-likeness (QED) is 0.677. The Bertz CT molecular complexity index is 409. The van der Waals surface area contributed by atoms with E-state index >= 15 is 0 Å². The van der Waals surface area contributed by atoms with Crippen LogP contribution in [-0.4, -0.2) is 51.2 Å². The number of carboxylic acid groups (broad SMARTS) is 1. The molecule has 7 nitrogen and oxygen atoms in total. The fourth-order valence-corrected chi connectivity index (χ4v) is 2.79. The summed E-state index contributed by atoms with van der Waals surface area (Å²) < 4.78 is 0. The molecule has 0 spiro atoms. The van der Waals surface area contributed by atoms with E-state index in [0.29, 0.717) is 11.6 Å². The van der Waals surface area contributed by atoms with E-state index in [1.807, 2.05) is 0 Å². The van der Waals surface area contributed by atoms with Crippen molar-refractivity contribution in [2.75, 3.05) is 11.6 Å². The predicted molar refractivity (Wildman–Crippen MR) is 60.4 cm³/mol. The van der Waals surface area contributed by atoms with Crippen molar-refractivity contribution in [1.82, 2.24) is 10.3 Å². The molecule has 2 aliphatic rings. The van der Waals surface area contributed by atoms with E-state index in [0.717, 1.165) is 0 Å². The van der Waals surface area contributed by atoms with Gasteiger partial charge in [0.05, 0.1) is 5.88 Å². The molecule has 1 atom stereocenters. The van der Waals surface area contributed by atoms with Crippen LogP contribution in [0.25, 0.3) is 0 Å². The summed E-state index contributed by atoms with van der Waals surface area (Å²) in [6.45, 7) is 0. The molecule has 2 rings (SSSR count). The van der Waals surface area contributed by atoms with Gasteiger partial charge in [-0.3, -0.25) is 9.59 Å². The number of hydrogen-bond donors (Lipinski definition) is 2. The Balaban J connectivity index is 2.09. The molecule has 0 aromatic rings. The van der Waals surface area contributed by atoms with Gasteiger partial charge in [0.25, 0.3) is 5.91 Å². The number of hydrogen-bond acceptors (Lipinski definition) is 5. The molecular formula is C9H11N3O4S. The first kappa shape index (κ1) is 11.9. The van der Waals surface area contributed by atoms with Gasteiger partial charge in [-0.15, -0.1) is 11.8 Å². The van der Waals surface area contributed by atoms with Crippen molar-refractivity contribution >= 4 is 35.3 Å². The van der Waals surface area contributed by atoms with Crippen molar-refractivity contribution in [3.8, 4) is 0 Å². The maximum Gasteiger partial charge on any atom is 0.327 e. The van der Waals surface area contributed by atoms with Gasteiger partial charge in [-0.1, -0.05) is 0 Å². The maximum atomic E-state index is 12.0. The van der Waals surface area contributed by atoms with E-state index in [1.54, 1.807) is 0 Å². The highest BCUT2D eigenvalue weighted by Crippen LogP contribution is 2.22. The van der Waals surface area contributed by atoms with Crippen LogP contribution in [0.4, 0.5) is 0 Å². The predicted octanol–water partition coefficient (Wildman–Crippen LogP) is -0.761. The molecule has 0 radical (unpaired) electrons. The molecule has 0 saturated carbocycles. The summed E-state index contributed by atoms with van der Waals surface area (Å²) >= 11 is 1.39. The summed E-state index contributed by atoms with van der Waals surface area (Å²) in [7, 11) is 0. The number of nitrogens with one attached hydrogen (secondary N) is 1. The number of nitrogens with zero attached hydrogens (tertiary/aromatic N) is 2. The molecule has 0 aliphatic carbocycles. The van der Waals surface area contributed by atoms with E-state index in [2.05, 4.69) is 10.5 Å². The van der Waals surface area contributed by atoms with Crippen LogP contribution in [-0.2, 0) is 14.4 Å². The summed E-state index contributed by atoms with van der Waals surface area (Å²) in [4.78, 5) is 35.1. The number of carbonyl (C=O) groups is 3. The van der Waals surface area contributed by atoms with Crippen molar-refractivity contribution in [1.29, 1.82) is 0 Å². The lowest BCUT2D eigenvalue weighted by molar-refractivity contribution is -0.145. The Morgan fingerprint density at radius 2 is 2.24 bits per heavy atom. The summed E-state index contributed by atoms with van der Waals surface area (Å²) in [6, 6.07) is -0.798. The molecule has 92 valence electrons. The van der Waals surface area contributed by atoms with Crippen LogP contribution in [0.15, 0.2) is 5.10 Å². The van der Waals surface area contributed by atoms with Gasteiger partial charge in [0.2, 0.25) is 5.91 Å². The lowest BCUT2D eigenvalue weighted by Gasteiger charge is -2.22. The highest BCUT2D eigenvalue weighted by Gasteiger charge is 2.36. The van der Waals surface area contributed by atoms with Gasteiger partial charge in [0, 0.05) is 18.6 Å².